The molecule has 0 aliphatic rings. The first-order chi connectivity index (χ1) is 7.63. The summed E-state index contributed by atoms with van der Waals surface area (Å²) in [5.74, 6) is -0.136. The molecule has 4 heteroatoms. The fraction of sp³-hybridized carbons (Fsp3) is 0.417. The number of halogens is 2. The minimum atomic E-state index is -0.302. The van der Waals surface area contributed by atoms with Gasteiger partial charge in [0.2, 0.25) is 0 Å². The highest BCUT2D eigenvalue weighted by atomic mass is 79.9. The summed E-state index contributed by atoms with van der Waals surface area (Å²) in [7, 11) is 0. The molecule has 2 nitrogen and oxygen atoms in total. The first-order valence-corrected chi connectivity index (χ1v) is 6.09. The third kappa shape index (κ3) is 4.41. The second kappa shape index (κ2) is 6.76. The number of ketones is 1. The minimum absolute atomic E-state index is 0.166. The Kier molecular flexibility index (Phi) is 5.63. The van der Waals surface area contributed by atoms with Gasteiger partial charge in [-0.05, 0) is 40.2 Å². The molecule has 0 radical (unpaired) electrons. The second-order valence-electron chi connectivity index (χ2n) is 3.57. The normalized spacial score (nSPS) is 10.4. The van der Waals surface area contributed by atoms with Gasteiger partial charge in [0.1, 0.15) is 11.6 Å². The Morgan fingerprint density at radius 1 is 1.50 bits per heavy atom. The molecule has 0 unspecified atom stereocenters. The van der Waals surface area contributed by atoms with Crippen LogP contribution in [0, 0.1) is 5.82 Å². The van der Waals surface area contributed by atoms with Crippen LogP contribution in [-0.4, -0.2) is 18.9 Å². The number of rotatable bonds is 6. The first kappa shape index (κ1) is 13.3. The van der Waals surface area contributed by atoms with E-state index >= 15 is 0 Å². The van der Waals surface area contributed by atoms with Gasteiger partial charge in [-0.25, -0.2) is 4.39 Å². The maximum absolute atomic E-state index is 12.9. The van der Waals surface area contributed by atoms with Crippen molar-refractivity contribution in [3.63, 3.8) is 0 Å². The molecule has 0 spiro atoms. The van der Waals surface area contributed by atoms with Crippen molar-refractivity contribution in [1.29, 1.82) is 0 Å². The number of hydrogen-bond acceptors (Lipinski definition) is 2. The molecule has 1 rings (SSSR count). The number of benzene rings is 1. The lowest BCUT2D eigenvalue weighted by atomic mass is 10.1. The molecule has 1 N–H and O–H groups in total. The number of nitrogens with one attached hydrogen (secondary N) is 1. The van der Waals surface area contributed by atoms with Crippen molar-refractivity contribution >= 4 is 21.7 Å². The van der Waals surface area contributed by atoms with Crippen LogP contribution in [0.4, 0.5) is 4.39 Å². The number of carbonyl (C=O) groups is 1. The molecule has 0 aliphatic heterocycles. The predicted molar refractivity (Wildman–Crippen MR) is 66.0 cm³/mol. The van der Waals surface area contributed by atoms with E-state index < -0.39 is 0 Å². The van der Waals surface area contributed by atoms with Crippen LogP contribution in [0.2, 0.25) is 0 Å². The topological polar surface area (TPSA) is 29.1 Å². The zero-order valence-electron chi connectivity index (χ0n) is 9.22. The van der Waals surface area contributed by atoms with Crippen molar-refractivity contribution in [3.05, 3.63) is 34.1 Å². The van der Waals surface area contributed by atoms with Gasteiger partial charge in [0.05, 0.1) is 4.47 Å². The molecular formula is C12H15BrFNO. The van der Waals surface area contributed by atoms with E-state index in [0.717, 1.165) is 12.1 Å². The molecule has 0 heterocycles. The molecule has 0 amide bonds. The van der Waals surface area contributed by atoms with E-state index in [1.54, 1.807) is 12.1 Å². The standard InChI is InChI=1S/C12H15BrFNO/c1-2-15-6-5-10(16)7-9-3-4-12(14)11(13)8-9/h3-4,8,15H,2,5-7H2,1H3. The molecule has 0 atom stereocenters. The Morgan fingerprint density at radius 3 is 2.88 bits per heavy atom. The summed E-state index contributed by atoms with van der Waals surface area (Å²) in [6, 6.07) is 4.67. The second-order valence-corrected chi connectivity index (χ2v) is 4.42. The lowest BCUT2D eigenvalue weighted by molar-refractivity contribution is -0.118. The summed E-state index contributed by atoms with van der Waals surface area (Å²) < 4.78 is 13.3. The summed E-state index contributed by atoms with van der Waals surface area (Å²) in [5, 5.41) is 3.10. The highest BCUT2D eigenvalue weighted by Crippen LogP contribution is 2.17. The van der Waals surface area contributed by atoms with Gasteiger partial charge in [0.25, 0.3) is 0 Å². The van der Waals surface area contributed by atoms with Gasteiger partial charge < -0.3 is 5.32 Å². The van der Waals surface area contributed by atoms with Crippen LogP contribution in [-0.2, 0) is 11.2 Å². The fourth-order valence-corrected chi connectivity index (χ4v) is 1.80. The van der Waals surface area contributed by atoms with Crippen LogP contribution in [0.5, 0.6) is 0 Å². The highest BCUT2D eigenvalue weighted by Gasteiger charge is 2.05. The number of hydrogen-bond donors (Lipinski definition) is 1. The summed E-state index contributed by atoms with van der Waals surface area (Å²) in [5.41, 5.74) is 0.842. The summed E-state index contributed by atoms with van der Waals surface area (Å²) >= 11 is 3.10. The highest BCUT2D eigenvalue weighted by molar-refractivity contribution is 9.10. The lowest BCUT2D eigenvalue weighted by Gasteiger charge is -2.03. The largest absolute Gasteiger partial charge is 0.317 e. The van der Waals surface area contributed by atoms with Crippen LogP contribution < -0.4 is 5.32 Å². The van der Waals surface area contributed by atoms with Crippen molar-refractivity contribution in [3.8, 4) is 0 Å². The van der Waals surface area contributed by atoms with E-state index in [-0.39, 0.29) is 11.6 Å². The van der Waals surface area contributed by atoms with E-state index in [4.69, 9.17) is 0 Å². The predicted octanol–water partition coefficient (Wildman–Crippen LogP) is 2.70. The van der Waals surface area contributed by atoms with Crippen molar-refractivity contribution in [2.75, 3.05) is 13.1 Å². The number of Topliss-reactive ketones (excluding diaryl/α,β-unsaturated/α-hetero) is 1. The van der Waals surface area contributed by atoms with Gasteiger partial charge in [-0.3, -0.25) is 4.79 Å². The van der Waals surface area contributed by atoms with Gasteiger partial charge in [-0.1, -0.05) is 13.0 Å². The van der Waals surface area contributed by atoms with Gasteiger partial charge in [-0.15, -0.1) is 0 Å². The van der Waals surface area contributed by atoms with Crippen molar-refractivity contribution in [2.24, 2.45) is 0 Å². The van der Waals surface area contributed by atoms with E-state index in [2.05, 4.69) is 21.2 Å². The van der Waals surface area contributed by atoms with Gasteiger partial charge in [0.15, 0.2) is 0 Å². The van der Waals surface area contributed by atoms with Crippen molar-refractivity contribution in [1.82, 2.24) is 5.32 Å². The quantitative estimate of drug-likeness (QED) is 0.815. The van der Waals surface area contributed by atoms with Crippen molar-refractivity contribution in [2.45, 2.75) is 19.8 Å². The summed E-state index contributed by atoms with van der Waals surface area (Å²) in [4.78, 5) is 11.5. The van der Waals surface area contributed by atoms with Crippen LogP contribution in [0.15, 0.2) is 22.7 Å². The Hall–Kier alpha value is -0.740. The third-order valence-electron chi connectivity index (χ3n) is 2.22. The van der Waals surface area contributed by atoms with Crippen LogP contribution in [0.3, 0.4) is 0 Å². The molecule has 0 bridgehead atoms. The molecule has 88 valence electrons. The molecule has 0 fully saturated rings. The Balaban J connectivity index is 2.46. The molecule has 16 heavy (non-hydrogen) atoms. The van der Waals surface area contributed by atoms with Crippen LogP contribution in [0.25, 0.3) is 0 Å². The molecule has 0 saturated carbocycles. The van der Waals surface area contributed by atoms with Crippen LogP contribution >= 0.6 is 15.9 Å². The smallest absolute Gasteiger partial charge is 0.138 e. The van der Waals surface area contributed by atoms with E-state index in [9.17, 15) is 9.18 Å². The molecule has 0 aliphatic carbocycles. The Morgan fingerprint density at radius 2 is 2.25 bits per heavy atom. The molecule has 0 aromatic heterocycles. The Bertz CT molecular complexity index is 368. The molecule has 1 aromatic rings. The average molecular weight is 288 g/mol. The number of carbonyl (C=O) groups excluding carboxylic acids is 1. The van der Waals surface area contributed by atoms with Gasteiger partial charge >= 0.3 is 0 Å². The molecule has 0 saturated heterocycles. The fourth-order valence-electron chi connectivity index (χ4n) is 1.37. The third-order valence-corrected chi connectivity index (χ3v) is 2.82. The maximum atomic E-state index is 12.9. The zero-order chi connectivity index (χ0) is 12.0. The average Bonchev–Trinajstić information content (AvgIpc) is 2.24. The zero-order valence-corrected chi connectivity index (χ0v) is 10.8. The van der Waals surface area contributed by atoms with E-state index in [1.165, 1.54) is 6.07 Å². The first-order valence-electron chi connectivity index (χ1n) is 5.29. The summed E-state index contributed by atoms with van der Waals surface area (Å²) in [6.07, 6.45) is 0.882. The maximum Gasteiger partial charge on any atom is 0.138 e. The van der Waals surface area contributed by atoms with Crippen molar-refractivity contribution < 1.29 is 9.18 Å². The summed E-state index contributed by atoms with van der Waals surface area (Å²) in [6.45, 7) is 3.58. The van der Waals surface area contributed by atoms with Gasteiger partial charge in [0, 0.05) is 19.4 Å². The Labute approximate surface area is 103 Å². The SMILES string of the molecule is CCNCCC(=O)Cc1ccc(F)c(Br)c1. The monoisotopic (exact) mass is 287 g/mol. The van der Waals surface area contributed by atoms with Crippen LogP contribution in [0.1, 0.15) is 18.9 Å². The van der Waals surface area contributed by atoms with Gasteiger partial charge in [-0.2, -0.15) is 0 Å². The molecular weight excluding hydrogens is 273 g/mol. The van der Waals surface area contributed by atoms with E-state index in [0.29, 0.717) is 23.9 Å². The van der Waals surface area contributed by atoms with E-state index in [1.807, 2.05) is 6.92 Å². The lowest BCUT2D eigenvalue weighted by Crippen LogP contribution is -2.18. The molecule has 1 aromatic carbocycles. The minimum Gasteiger partial charge on any atom is -0.317 e.